The summed E-state index contributed by atoms with van der Waals surface area (Å²) in [6.07, 6.45) is 3.56. The fourth-order valence-electron chi connectivity index (χ4n) is 3.24. The topological polar surface area (TPSA) is 71.0 Å². The van der Waals surface area contributed by atoms with Crippen molar-refractivity contribution in [2.45, 2.75) is 25.8 Å². The smallest absolute Gasteiger partial charge is 0.251 e. The van der Waals surface area contributed by atoms with Crippen LogP contribution < -0.4 is 10.2 Å². The third-order valence-electron chi connectivity index (χ3n) is 4.79. The quantitative estimate of drug-likeness (QED) is 0.753. The second-order valence-electron chi connectivity index (χ2n) is 6.65. The molecule has 1 saturated heterocycles. The zero-order valence-corrected chi connectivity index (χ0v) is 15.9. The number of piperidine rings is 1. The molecular weight excluding hydrogens is 358 g/mol. The third kappa shape index (κ3) is 3.98. The fraction of sp³-hybridized carbons (Fsp3) is 0.300. The molecule has 1 aliphatic rings. The lowest BCUT2D eigenvalue weighted by Crippen LogP contribution is -2.44. The van der Waals surface area contributed by atoms with E-state index in [1.165, 1.54) is 0 Å². The van der Waals surface area contributed by atoms with Gasteiger partial charge in [-0.2, -0.15) is 0 Å². The van der Waals surface area contributed by atoms with E-state index < -0.39 is 0 Å². The Labute approximate surface area is 162 Å². The Kier molecular flexibility index (Phi) is 5.11. The van der Waals surface area contributed by atoms with Gasteiger partial charge >= 0.3 is 0 Å². The minimum absolute atomic E-state index is 0.0138. The molecule has 0 unspecified atom stereocenters. The van der Waals surface area contributed by atoms with Crippen molar-refractivity contribution in [3.8, 4) is 10.7 Å². The first-order chi connectivity index (χ1) is 13.2. The molecule has 0 saturated carbocycles. The molecular formula is C20H21N5OS. The Morgan fingerprint density at radius 1 is 1.11 bits per heavy atom. The molecule has 138 valence electrons. The molecule has 27 heavy (non-hydrogen) atoms. The predicted octanol–water partition coefficient (Wildman–Crippen LogP) is 3.31. The lowest BCUT2D eigenvalue weighted by Gasteiger charge is -2.31. The van der Waals surface area contributed by atoms with Crippen LogP contribution in [0.25, 0.3) is 10.7 Å². The Balaban J connectivity index is 1.35. The number of anilines is 1. The van der Waals surface area contributed by atoms with Gasteiger partial charge in [0.15, 0.2) is 5.01 Å². The number of amides is 1. The van der Waals surface area contributed by atoms with E-state index in [9.17, 15) is 4.79 Å². The van der Waals surface area contributed by atoms with Crippen LogP contribution in [0, 0.1) is 6.92 Å². The van der Waals surface area contributed by atoms with Crippen molar-refractivity contribution in [3.63, 3.8) is 0 Å². The molecule has 2 aromatic heterocycles. The summed E-state index contributed by atoms with van der Waals surface area (Å²) in [4.78, 5) is 19.1. The van der Waals surface area contributed by atoms with Crippen molar-refractivity contribution < 1.29 is 4.79 Å². The lowest BCUT2D eigenvalue weighted by atomic mass is 10.0. The van der Waals surface area contributed by atoms with Crippen molar-refractivity contribution in [3.05, 3.63) is 59.8 Å². The van der Waals surface area contributed by atoms with Gasteiger partial charge in [0.25, 0.3) is 5.91 Å². The van der Waals surface area contributed by atoms with Crippen molar-refractivity contribution in [1.29, 1.82) is 0 Å². The van der Waals surface area contributed by atoms with Crippen molar-refractivity contribution in [1.82, 2.24) is 20.5 Å². The lowest BCUT2D eigenvalue weighted by molar-refractivity contribution is 0.0930. The van der Waals surface area contributed by atoms with Crippen molar-refractivity contribution in [2.75, 3.05) is 18.0 Å². The standard InChI is InChI=1S/C20H21N5OS/c1-14-6-2-3-7-16(14)18(26)22-15-9-12-25(13-10-15)20-24-23-19(27-20)17-8-4-5-11-21-17/h2-8,11,15H,9-10,12-13H2,1H3,(H,22,26). The minimum atomic E-state index is 0.0138. The minimum Gasteiger partial charge on any atom is -0.349 e. The molecule has 4 rings (SSSR count). The Morgan fingerprint density at radius 3 is 2.63 bits per heavy atom. The Hall–Kier alpha value is -2.80. The molecule has 0 atom stereocenters. The molecule has 1 aliphatic heterocycles. The highest BCUT2D eigenvalue weighted by Crippen LogP contribution is 2.29. The largest absolute Gasteiger partial charge is 0.349 e. The number of hydrogen-bond donors (Lipinski definition) is 1. The number of hydrogen-bond acceptors (Lipinski definition) is 6. The molecule has 1 aromatic carbocycles. The monoisotopic (exact) mass is 379 g/mol. The van der Waals surface area contributed by atoms with E-state index in [1.807, 2.05) is 49.4 Å². The summed E-state index contributed by atoms with van der Waals surface area (Å²) in [7, 11) is 0. The van der Waals surface area contributed by atoms with Gasteiger partial charge in [0.1, 0.15) is 5.69 Å². The fourth-order valence-corrected chi connectivity index (χ4v) is 4.12. The second-order valence-corrected chi connectivity index (χ2v) is 7.61. The molecule has 0 bridgehead atoms. The van der Waals surface area contributed by atoms with Crippen LogP contribution in [0.4, 0.5) is 5.13 Å². The number of nitrogens with one attached hydrogen (secondary N) is 1. The number of rotatable bonds is 4. The molecule has 0 radical (unpaired) electrons. The highest BCUT2D eigenvalue weighted by Gasteiger charge is 2.24. The summed E-state index contributed by atoms with van der Waals surface area (Å²) >= 11 is 1.56. The van der Waals surface area contributed by atoms with Gasteiger partial charge in [0.2, 0.25) is 5.13 Å². The number of carbonyl (C=O) groups excluding carboxylic acids is 1. The first kappa shape index (κ1) is 17.6. The van der Waals surface area contributed by atoms with Crippen LogP contribution in [0.15, 0.2) is 48.7 Å². The zero-order valence-electron chi connectivity index (χ0n) is 15.1. The first-order valence-corrected chi connectivity index (χ1v) is 9.89. The maximum Gasteiger partial charge on any atom is 0.251 e. The molecule has 0 aliphatic carbocycles. The van der Waals surface area contributed by atoms with E-state index in [2.05, 4.69) is 25.4 Å². The van der Waals surface area contributed by atoms with E-state index in [4.69, 9.17) is 0 Å². The van der Waals surface area contributed by atoms with E-state index in [1.54, 1.807) is 17.5 Å². The van der Waals surface area contributed by atoms with Gasteiger partial charge < -0.3 is 10.2 Å². The molecule has 1 N–H and O–H groups in total. The average Bonchev–Trinajstić information content (AvgIpc) is 3.20. The molecule has 1 fully saturated rings. The summed E-state index contributed by atoms with van der Waals surface area (Å²) in [6.45, 7) is 3.68. The highest BCUT2D eigenvalue weighted by atomic mass is 32.1. The van der Waals surface area contributed by atoms with Crippen LogP contribution in [-0.4, -0.2) is 40.2 Å². The number of nitrogens with zero attached hydrogens (tertiary/aromatic N) is 4. The molecule has 1 amide bonds. The number of aromatic nitrogens is 3. The summed E-state index contributed by atoms with van der Waals surface area (Å²) < 4.78 is 0. The van der Waals surface area contributed by atoms with Crippen LogP contribution in [0.2, 0.25) is 0 Å². The van der Waals surface area contributed by atoms with E-state index in [0.717, 1.165) is 52.9 Å². The summed E-state index contributed by atoms with van der Waals surface area (Å²) in [5.74, 6) is 0.0138. The summed E-state index contributed by atoms with van der Waals surface area (Å²) in [6, 6.07) is 13.7. The van der Waals surface area contributed by atoms with Crippen LogP contribution in [-0.2, 0) is 0 Å². The van der Waals surface area contributed by atoms with E-state index in [0.29, 0.717) is 0 Å². The number of benzene rings is 1. The highest BCUT2D eigenvalue weighted by molar-refractivity contribution is 7.18. The summed E-state index contributed by atoms with van der Waals surface area (Å²) in [5.41, 5.74) is 2.61. The Morgan fingerprint density at radius 2 is 1.89 bits per heavy atom. The summed E-state index contributed by atoms with van der Waals surface area (Å²) in [5, 5.41) is 13.5. The van der Waals surface area contributed by atoms with Gasteiger partial charge in [-0.3, -0.25) is 9.78 Å². The number of pyridine rings is 1. The maximum absolute atomic E-state index is 12.5. The van der Waals surface area contributed by atoms with Gasteiger partial charge in [0.05, 0.1) is 0 Å². The third-order valence-corrected chi connectivity index (χ3v) is 5.80. The van der Waals surface area contributed by atoms with Crippen LogP contribution >= 0.6 is 11.3 Å². The predicted molar refractivity (Wildman–Crippen MR) is 107 cm³/mol. The molecule has 3 aromatic rings. The van der Waals surface area contributed by atoms with Crippen LogP contribution in [0.3, 0.4) is 0 Å². The number of aryl methyl sites for hydroxylation is 1. The number of carbonyl (C=O) groups is 1. The second kappa shape index (κ2) is 7.84. The molecule has 7 heteroatoms. The maximum atomic E-state index is 12.5. The van der Waals surface area contributed by atoms with Crippen LogP contribution in [0.1, 0.15) is 28.8 Å². The van der Waals surface area contributed by atoms with E-state index >= 15 is 0 Å². The zero-order chi connectivity index (χ0) is 18.6. The average molecular weight is 379 g/mol. The van der Waals surface area contributed by atoms with Gasteiger partial charge in [-0.25, -0.2) is 0 Å². The molecule has 0 spiro atoms. The van der Waals surface area contributed by atoms with Crippen molar-refractivity contribution >= 4 is 22.4 Å². The SMILES string of the molecule is Cc1ccccc1C(=O)NC1CCN(c2nnc(-c3ccccn3)s2)CC1. The van der Waals surface area contributed by atoms with Gasteiger partial charge in [-0.05, 0) is 43.5 Å². The van der Waals surface area contributed by atoms with Crippen LogP contribution in [0.5, 0.6) is 0 Å². The first-order valence-electron chi connectivity index (χ1n) is 9.07. The molecule has 6 nitrogen and oxygen atoms in total. The van der Waals surface area contributed by atoms with Gasteiger partial charge in [-0.15, -0.1) is 10.2 Å². The normalized spacial score (nSPS) is 14.9. The van der Waals surface area contributed by atoms with Gasteiger partial charge in [-0.1, -0.05) is 35.6 Å². The van der Waals surface area contributed by atoms with E-state index in [-0.39, 0.29) is 11.9 Å². The molecule has 3 heterocycles. The van der Waals surface area contributed by atoms with Crippen molar-refractivity contribution in [2.24, 2.45) is 0 Å². The Bertz CT molecular complexity index is 919. The van der Waals surface area contributed by atoms with Gasteiger partial charge in [0, 0.05) is 30.9 Å².